The van der Waals surface area contributed by atoms with Crippen LogP contribution in [0.4, 0.5) is 16.0 Å². The van der Waals surface area contributed by atoms with Crippen LogP contribution in [-0.4, -0.2) is 46.5 Å². The van der Waals surface area contributed by atoms with Crippen LogP contribution in [0.2, 0.25) is 5.02 Å². The van der Waals surface area contributed by atoms with Crippen molar-refractivity contribution in [3.05, 3.63) is 102 Å². The van der Waals surface area contributed by atoms with Gasteiger partial charge in [-0.1, -0.05) is 48.0 Å². The first-order valence-electron chi connectivity index (χ1n) is 13.7. The first-order chi connectivity index (χ1) is 20.7. The SMILES string of the molecule is Nc1ccc(C(=O)NC2CC(F)CC(Nc3ncc(Cl)c(-c4cn(S(=O)(=O)c5ccccc5)c5ccccc45)n3)C2)cc1. The van der Waals surface area contributed by atoms with Crippen molar-refractivity contribution in [3.8, 4) is 11.3 Å². The number of amides is 1. The molecule has 220 valence electrons. The zero-order chi connectivity index (χ0) is 30.1. The van der Waals surface area contributed by atoms with Crippen LogP contribution in [0.1, 0.15) is 29.6 Å². The molecule has 3 unspecified atom stereocenters. The van der Waals surface area contributed by atoms with Crippen LogP contribution in [0.15, 0.2) is 96.2 Å². The van der Waals surface area contributed by atoms with Crippen molar-refractivity contribution in [2.24, 2.45) is 0 Å². The predicted octanol–water partition coefficient (Wildman–Crippen LogP) is 5.67. The monoisotopic (exact) mass is 618 g/mol. The summed E-state index contributed by atoms with van der Waals surface area (Å²) >= 11 is 6.56. The minimum absolute atomic E-state index is 0.148. The maximum absolute atomic E-state index is 14.8. The number of carbonyl (C=O) groups excluding carboxylic acids is 1. The van der Waals surface area contributed by atoms with Crippen LogP contribution >= 0.6 is 11.6 Å². The van der Waals surface area contributed by atoms with Crippen LogP contribution in [0, 0.1) is 0 Å². The molecule has 1 aliphatic carbocycles. The lowest BCUT2D eigenvalue weighted by molar-refractivity contribution is 0.0909. The molecule has 2 heterocycles. The van der Waals surface area contributed by atoms with E-state index in [-0.39, 0.29) is 40.7 Å². The number of para-hydroxylation sites is 1. The summed E-state index contributed by atoms with van der Waals surface area (Å²) in [6, 6.07) is 21.0. The maximum atomic E-state index is 14.8. The van der Waals surface area contributed by atoms with Crippen LogP contribution in [0.5, 0.6) is 0 Å². The minimum Gasteiger partial charge on any atom is -0.399 e. The topological polar surface area (TPSA) is 132 Å². The smallest absolute Gasteiger partial charge is 0.268 e. The molecule has 3 atom stereocenters. The molecular weight excluding hydrogens is 591 g/mol. The number of nitrogens with one attached hydrogen (secondary N) is 2. The van der Waals surface area contributed by atoms with Crippen molar-refractivity contribution < 1.29 is 17.6 Å². The number of fused-ring (bicyclic) bond motifs is 1. The fraction of sp³-hybridized carbons (Fsp3) is 0.194. The molecule has 12 heteroatoms. The molecular formula is C31H28ClFN6O3S. The quantitative estimate of drug-likeness (QED) is 0.200. The number of aromatic nitrogens is 3. The molecule has 1 amide bonds. The highest BCUT2D eigenvalue weighted by Crippen LogP contribution is 2.36. The third-order valence-corrected chi connectivity index (χ3v) is 9.43. The van der Waals surface area contributed by atoms with E-state index in [1.165, 1.54) is 28.5 Å². The Balaban J connectivity index is 1.27. The zero-order valence-corrected chi connectivity index (χ0v) is 24.4. The zero-order valence-electron chi connectivity index (χ0n) is 22.8. The molecule has 2 aromatic heterocycles. The van der Waals surface area contributed by atoms with Gasteiger partial charge < -0.3 is 16.4 Å². The van der Waals surface area contributed by atoms with Gasteiger partial charge in [0.2, 0.25) is 5.95 Å². The molecule has 1 saturated carbocycles. The number of alkyl halides is 1. The lowest BCUT2D eigenvalue weighted by atomic mass is 9.89. The Morgan fingerprint density at radius 2 is 1.65 bits per heavy atom. The molecule has 1 aliphatic rings. The Kier molecular flexibility index (Phi) is 7.76. The summed E-state index contributed by atoms with van der Waals surface area (Å²) in [7, 11) is -3.91. The average molecular weight is 619 g/mol. The van der Waals surface area contributed by atoms with E-state index in [9.17, 15) is 17.6 Å². The molecule has 0 spiro atoms. The predicted molar refractivity (Wildman–Crippen MR) is 165 cm³/mol. The Labute approximate surface area is 253 Å². The van der Waals surface area contributed by atoms with E-state index in [0.717, 1.165) is 0 Å². The third kappa shape index (κ3) is 5.91. The third-order valence-electron chi connectivity index (χ3n) is 7.47. The molecule has 0 aliphatic heterocycles. The van der Waals surface area contributed by atoms with Gasteiger partial charge >= 0.3 is 0 Å². The summed E-state index contributed by atoms with van der Waals surface area (Å²) in [6.07, 6.45) is 2.66. The van der Waals surface area contributed by atoms with Crippen molar-refractivity contribution in [1.29, 1.82) is 0 Å². The van der Waals surface area contributed by atoms with Gasteiger partial charge in [0.05, 0.1) is 27.3 Å². The van der Waals surface area contributed by atoms with E-state index < -0.39 is 22.2 Å². The van der Waals surface area contributed by atoms with Crippen LogP contribution in [-0.2, 0) is 10.0 Å². The lowest BCUT2D eigenvalue weighted by Gasteiger charge is -2.32. The van der Waals surface area contributed by atoms with Gasteiger partial charge in [-0.3, -0.25) is 4.79 Å². The second-order valence-electron chi connectivity index (χ2n) is 10.5. The number of nitrogen functional groups attached to an aromatic ring is 1. The normalized spacial score (nSPS) is 18.8. The van der Waals surface area contributed by atoms with Crippen molar-refractivity contribution in [2.75, 3.05) is 11.1 Å². The van der Waals surface area contributed by atoms with Gasteiger partial charge in [0.15, 0.2) is 0 Å². The highest BCUT2D eigenvalue weighted by atomic mass is 35.5. The van der Waals surface area contributed by atoms with Crippen molar-refractivity contribution >= 4 is 50.1 Å². The van der Waals surface area contributed by atoms with E-state index >= 15 is 0 Å². The summed E-state index contributed by atoms with van der Waals surface area (Å²) in [5, 5.41) is 6.98. The number of nitrogens with zero attached hydrogens (tertiary/aromatic N) is 3. The number of hydrogen-bond acceptors (Lipinski definition) is 7. The number of benzene rings is 3. The van der Waals surface area contributed by atoms with Crippen molar-refractivity contribution in [3.63, 3.8) is 0 Å². The van der Waals surface area contributed by atoms with Crippen LogP contribution in [0.3, 0.4) is 0 Å². The lowest BCUT2D eigenvalue weighted by Crippen LogP contribution is -2.45. The van der Waals surface area contributed by atoms with Crippen molar-refractivity contribution in [1.82, 2.24) is 19.3 Å². The summed E-state index contributed by atoms with van der Waals surface area (Å²) < 4.78 is 43.2. The van der Waals surface area contributed by atoms with Gasteiger partial charge in [-0.25, -0.2) is 26.7 Å². The Bertz CT molecular complexity index is 1900. The molecule has 43 heavy (non-hydrogen) atoms. The number of halogens is 2. The standard InChI is InChI=1S/C31H28ClFN6O3S/c32-27-17-35-31(37-23-15-20(33)14-22(16-23)36-30(40)19-10-12-21(34)13-11-19)38-29(27)26-18-39(28-9-5-4-8-25(26)28)43(41,42)24-6-2-1-3-7-24/h1-13,17-18,20,22-23H,14-16,34H2,(H,36,40)(H,35,37,38). The van der Waals surface area contributed by atoms with Gasteiger partial charge in [-0.2, -0.15) is 0 Å². The summed E-state index contributed by atoms with van der Waals surface area (Å²) in [4.78, 5) is 21.8. The molecule has 3 aromatic carbocycles. The van der Waals surface area contributed by atoms with Crippen molar-refractivity contribution in [2.45, 2.75) is 42.4 Å². The highest BCUT2D eigenvalue weighted by molar-refractivity contribution is 7.90. The molecule has 0 bridgehead atoms. The summed E-state index contributed by atoms with van der Waals surface area (Å²) in [5.74, 6) is -0.0883. The number of anilines is 2. The number of hydrogen-bond donors (Lipinski definition) is 3. The van der Waals surface area contributed by atoms with E-state index in [2.05, 4.69) is 20.6 Å². The first kappa shape index (κ1) is 28.6. The number of rotatable bonds is 7. The summed E-state index contributed by atoms with van der Waals surface area (Å²) in [5.41, 5.74) is 8.01. The van der Waals surface area contributed by atoms with E-state index in [4.69, 9.17) is 17.3 Å². The highest BCUT2D eigenvalue weighted by Gasteiger charge is 2.31. The molecule has 6 rings (SSSR count). The molecule has 4 N–H and O–H groups in total. The minimum atomic E-state index is -3.91. The molecule has 5 aromatic rings. The summed E-state index contributed by atoms with van der Waals surface area (Å²) in [6.45, 7) is 0. The largest absolute Gasteiger partial charge is 0.399 e. The molecule has 9 nitrogen and oxygen atoms in total. The van der Waals surface area contributed by atoms with Crippen LogP contribution in [0.25, 0.3) is 22.2 Å². The van der Waals surface area contributed by atoms with Gasteiger partial charge in [-0.05, 0) is 61.7 Å². The molecule has 1 fully saturated rings. The fourth-order valence-electron chi connectivity index (χ4n) is 5.44. The van der Waals surface area contributed by atoms with E-state index in [1.54, 1.807) is 60.7 Å². The number of nitrogens with two attached hydrogens (primary N) is 1. The van der Waals surface area contributed by atoms with Crippen LogP contribution < -0.4 is 16.4 Å². The fourth-order valence-corrected chi connectivity index (χ4v) is 7.02. The maximum Gasteiger partial charge on any atom is 0.268 e. The van der Waals surface area contributed by atoms with Gasteiger partial charge in [-0.15, -0.1) is 0 Å². The van der Waals surface area contributed by atoms with Gasteiger partial charge in [0, 0.05) is 40.5 Å². The van der Waals surface area contributed by atoms with Gasteiger partial charge in [0.1, 0.15) is 6.17 Å². The average Bonchev–Trinajstić information content (AvgIpc) is 3.39. The Hall–Kier alpha value is -4.48. The molecule has 0 radical (unpaired) electrons. The second kappa shape index (κ2) is 11.7. The van der Waals surface area contributed by atoms with E-state index in [0.29, 0.717) is 39.8 Å². The second-order valence-corrected chi connectivity index (χ2v) is 12.7. The first-order valence-corrected chi connectivity index (χ1v) is 15.5. The van der Waals surface area contributed by atoms with E-state index in [1.807, 2.05) is 6.07 Å². The molecule has 0 saturated heterocycles. The Morgan fingerprint density at radius 1 is 0.953 bits per heavy atom. The van der Waals surface area contributed by atoms with Gasteiger partial charge in [0.25, 0.3) is 15.9 Å². The Morgan fingerprint density at radius 3 is 2.42 bits per heavy atom. The number of carbonyl (C=O) groups is 1.